The number of benzene rings is 2. The van der Waals surface area contributed by atoms with Crippen LogP contribution in [0.5, 0.6) is 0 Å². The van der Waals surface area contributed by atoms with Gasteiger partial charge in [0.2, 0.25) is 5.91 Å². The van der Waals surface area contributed by atoms with E-state index in [1.807, 2.05) is 49.4 Å². The molecule has 0 aliphatic rings. The van der Waals surface area contributed by atoms with E-state index in [1.54, 1.807) is 10.8 Å². The minimum atomic E-state index is -0.293. The normalized spacial score (nSPS) is 12.3. The van der Waals surface area contributed by atoms with Crippen LogP contribution in [0.15, 0.2) is 65.6 Å². The molecule has 0 spiro atoms. The summed E-state index contributed by atoms with van der Waals surface area (Å²) in [6, 6.07) is 17.9. The van der Waals surface area contributed by atoms with Crippen LogP contribution < -0.4 is 10.9 Å². The summed E-state index contributed by atoms with van der Waals surface area (Å²) in [5, 5.41) is 11.1. The van der Waals surface area contributed by atoms with E-state index in [4.69, 9.17) is 0 Å². The fourth-order valence-electron chi connectivity index (χ4n) is 3.64. The molecular formula is C22H22N4O2. The van der Waals surface area contributed by atoms with Gasteiger partial charge in [-0.15, -0.1) is 0 Å². The molecular weight excluding hydrogens is 352 g/mol. The second-order valence-electron chi connectivity index (χ2n) is 7.06. The number of aryl methyl sites for hydroxylation is 1. The Balaban J connectivity index is 1.52. The molecule has 2 aromatic carbocycles. The quantitative estimate of drug-likeness (QED) is 0.544. The second-order valence-corrected chi connectivity index (χ2v) is 7.06. The lowest BCUT2D eigenvalue weighted by molar-refractivity contribution is -0.122. The molecule has 0 unspecified atom stereocenters. The minimum absolute atomic E-state index is 0.0424. The number of rotatable bonds is 6. The zero-order valence-corrected chi connectivity index (χ0v) is 15.7. The first-order valence-electron chi connectivity index (χ1n) is 9.41. The number of H-pyrrole nitrogens is 1. The molecule has 0 aliphatic heterocycles. The predicted octanol–water partition coefficient (Wildman–Crippen LogP) is 3.02. The molecule has 0 bridgehead atoms. The number of nitrogens with one attached hydrogen (secondary N) is 2. The maximum atomic E-state index is 12.7. The van der Waals surface area contributed by atoms with Gasteiger partial charge in [0.15, 0.2) is 0 Å². The monoisotopic (exact) mass is 374 g/mol. The van der Waals surface area contributed by atoms with E-state index >= 15 is 0 Å². The van der Waals surface area contributed by atoms with E-state index in [1.165, 1.54) is 5.56 Å². The molecule has 4 aromatic rings. The minimum Gasteiger partial charge on any atom is -0.352 e. The van der Waals surface area contributed by atoms with Crippen LogP contribution in [0.25, 0.3) is 21.8 Å². The van der Waals surface area contributed by atoms with Crippen LogP contribution in [-0.2, 0) is 17.8 Å². The highest BCUT2D eigenvalue weighted by Crippen LogP contribution is 2.25. The highest BCUT2D eigenvalue weighted by molar-refractivity contribution is 6.07. The number of hydrogen-bond acceptors (Lipinski definition) is 3. The molecule has 0 aliphatic carbocycles. The number of hydrogen-bond donors (Lipinski definition) is 2. The van der Waals surface area contributed by atoms with Crippen molar-refractivity contribution >= 4 is 27.7 Å². The average molecular weight is 374 g/mol. The molecule has 6 heteroatoms. The highest BCUT2D eigenvalue weighted by Gasteiger charge is 2.16. The summed E-state index contributed by atoms with van der Waals surface area (Å²) in [5.74, 6) is -0.112. The van der Waals surface area contributed by atoms with Crippen LogP contribution in [0.4, 0.5) is 0 Å². The van der Waals surface area contributed by atoms with E-state index in [2.05, 4.69) is 27.6 Å². The van der Waals surface area contributed by atoms with Crippen molar-refractivity contribution in [1.82, 2.24) is 20.1 Å². The predicted molar refractivity (Wildman–Crippen MR) is 110 cm³/mol. The first-order valence-corrected chi connectivity index (χ1v) is 9.41. The van der Waals surface area contributed by atoms with Gasteiger partial charge in [-0.2, -0.15) is 5.10 Å². The van der Waals surface area contributed by atoms with Crippen molar-refractivity contribution in [2.45, 2.75) is 32.4 Å². The lowest BCUT2D eigenvalue weighted by atomic mass is 10.1. The van der Waals surface area contributed by atoms with Gasteiger partial charge < -0.3 is 9.88 Å². The van der Waals surface area contributed by atoms with E-state index < -0.39 is 0 Å². The van der Waals surface area contributed by atoms with Crippen molar-refractivity contribution in [3.8, 4) is 0 Å². The van der Waals surface area contributed by atoms with Gasteiger partial charge in [0, 0.05) is 22.3 Å². The third-order valence-corrected chi connectivity index (χ3v) is 5.00. The molecule has 0 radical (unpaired) electrons. The van der Waals surface area contributed by atoms with Gasteiger partial charge in [-0.1, -0.05) is 48.5 Å². The summed E-state index contributed by atoms with van der Waals surface area (Å²) in [6.45, 7) is 2.09. The van der Waals surface area contributed by atoms with Crippen molar-refractivity contribution in [1.29, 1.82) is 0 Å². The molecule has 142 valence electrons. The summed E-state index contributed by atoms with van der Waals surface area (Å²) in [4.78, 5) is 25.0. The molecule has 2 N–H and O–H groups in total. The first-order chi connectivity index (χ1) is 13.6. The number of aromatic nitrogens is 3. The Morgan fingerprint density at radius 2 is 1.86 bits per heavy atom. The van der Waals surface area contributed by atoms with Crippen molar-refractivity contribution in [3.63, 3.8) is 0 Å². The molecule has 1 atom stereocenters. The Morgan fingerprint density at radius 3 is 2.68 bits per heavy atom. The standard InChI is InChI=1S/C22H22N4O2/c1-15(11-12-16-7-3-2-4-8-16)24-20(27)14-26-19-10-6-5-9-17(19)18-13-23-25-22(28)21(18)26/h2-10,13,15H,11-12,14H2,1H3,(H,24,27)(H,25,28)/t15-/m0/s1. The maximum absolute atomic E-state index is 12.7. The molecule has 6 nitrogen and oxygen atoms in total. The van der Waals surface area contributed by atoms with Crippen LogP contribution in [0, 0.1) is 0 Å². The highest BCUT2D eigenvalue weighted by atomic mass is 16.2. The van der Waals surface area contributed by atoms with Crippen molar-refractivity contribution in [2.24, 2.45) is 0 Å². The average Bonchev–Trinajstić information content (AvgIpc) is 3.02. The fraction of sp³-hybridized carbons (Fsp3) is 0.227. The summed E-state index contributed by atoms with van der Waals surface area (Å²) in [5.41, 5.74) is 2.29. The van der Waals surface area contributed by atoms with E-state index in [0.29, 0.717) is 5.52 Å². The van der Waals surface area contributed by atoms with E-state index in [0.717, 1.165) is 29.1 Å². The van der Waals surface area contributed by atoms with Crippen molar-refractivity contribution in [2.75, 3.05) is 0 Å². The lowest BCUT2D eigenvalue weighted by Crippen LogP contribution is -2.35. The topological polar surface area (TPSA) is 79.8 Å². The van der Waals surface area contributed by atoms with Crippen molar-refractivity contribution in [3.05, 3.63) is 76.7 Å². The molecule has 0 saturated heterocycles. The van der Waals surface area contributed by atoms with Gasteiger partial charge in [-0.25, -0.2) is 5.10 Å². The summed E-state index contributed by atoms with van der Waals surface area (Å²) in [7, 11) is 0. The summed E-state index contributed by atoms with van der Waals surface area (Å²) >= 11 is 0. The van der Waals surface area contributed by atoms with Gasteiger partial charge in [0.25, 0.3) is 5.56 Å². The summed E-state index contributed by atoms with van der Waals surface area (Å²) < 4.78 is 1.77. The summed E-state index contributed by atoms with van der Waals surface area (Å²) in [6.07, 6.45) is 3.40. The number of carbonyl (C=O) groups excluding carboxylic acids is 1. The Bertz CT molecular complexity index is 1180. The van der Waals surface area contributed by atoms with Crippen molar-refractivity contribution < 1.29 is 4.79 Å². The van der Waals surface area contributed by atoms with Crippen LogP contribution in [0.1, 0.15) is 18.9 Å². The van der Waals surface area contributed by atoms with E-state index in [-0.39, 0.29) is 24.1 Å². The molecule has 0 fully saturated rings. The number of nitrogens with zero attached hydrogens (tertiary/aromatic N) is 2. The zero-order valence-electron chi connectivity index (χ0n) is 15.7. The molecule has 4 rings (SSSR count). The number of para-hydroxylation sites is 1. The third-order valence-electron chi connectivity index (χ3n) is 5.00. The lowest BCUT2D eigenvalue weighted by Gasteiger charge is -2.15. The molecule has 2 aromatic heterocycles. The van der Waals surface area contributed by atoms with Gasteiger partial charge in [-0.05, 0) is 31.4 Å². The fourth-order valence-corrected chi connectivity index (χ4v) is 3.64. The largest absolute Gasteiger partial charge is 0.352 e. The van der Waals surface area contributed by atoms with Gasteiger partial charge >= 0.3 is 0 Å². The van der Waals surface area contributed by atoms with Gasteiger partial charge in [0.1, 0.15) is 12.1 Å². The zero-order chi connectivity index (χ0) is 19.5. The van der Waals surface area contributed by atoms with Crippen LogP contribution in [-0.4, -0.2) is 26.7 Å². The third kappa shape index (κ3) is 3.53. The molecule has 2 heterocycles. The smallest absolute Gasteiger partial charge is 0.288 e. The second kappa shape index (κ2) is 7.68. The number of amides is 1. The Labute approximate surface area is 162 Å². The van der Waals surface area contributed by atoms with Crippen LogP contribution >= 0.6 is 0 Å². The van der Waals surface area contributed by atoms with Gasteiger partial charge in [-0.3, -0.25) is 9.59 Å². The molecule has 1 amide bonds. The van der Waals surface area contributed by atoms with E-state index in [9.17, 15) is 9.59 Å². The van der Waals surface area contributed by atoms with Gasteiger partial charge in [0.05, 0.1) is 6.20 Å². The van der Waals surface area contributed by atoms with Crippen LogP contribution in [0.3, 0.4) is 0 Å². The number of carbonyl (C=O) groups is 1. The Hall–Kier alpha value is -3.41. The SMILES string of the molecule is C[C@@H](CCc1ccccc1)NC(=O)Cn1c2ccccc2c2cn[nH]c(=O)c21. The Kier molecular flexibility index (Phi) is 4.93. The first kappa shape index (κ1) is 18.0. The number of aromatic amines is 1. The molecule has 0 saturated carbocycles. The Morgan fingerprint density at radius 1 is 1.11 bits per heavy atom. The molecule has 28 heavy (non-hydrogen) atoms. The number of fused-ring (bicyclic) bond motifs is 3. The maximum Gasteiger partial charge on any atom is 0.288 e. The van der Waals surface area contributed by atoms with Crippen LogP contribution in [0.2, 0.25) is 0 Å².